The van der Waals surface area contributed by atoms with Gasteiger partial charge in [0.2, 0.25) is 0 Å². The number of amides is 1. The molecule has 1 saturated heterocycles. The van der Waals surface area contributed by atoms with E-state index in [1.165, 1.54) is 29.7 Å². The molecular formula is C23H37N3O2. The predicted molar refractivity (Wildman–Crippen MR) is 115 cm³/mol. The van der Waals surface area contributed by atoms with E-state index in [4.69, 9.17) is 4.74 Å². The summed E-state index contributed by atoms with van der Waals surface area (Å²) < 4.78 is 5.54. The number of benzene rings is 1. The minimum Gasteiger partial charge on any atom is -0.444 e. The summed E-state index contributed by atoms with van der Waals surface area (Å²) in [6.45, 7) is 15.7. The highest BCUT2D eigenvalue weighted by Crippen LogP contribution is 2.33. The molecule has 0 spiro atoms. The van der Waals surface area contributed by atoms with Gasteiger partial charge in [0.15, 0.2) is 0 Å². The number of carbonyl (C=O) groups excluding carboxylic acids is 1. The van der Waals surface area contributed by atoms with Crippen molar-refractivity contribution in [3.63, 3.8) is 0 Å². The number of rotatable bonds is 4. The average molecular weight is 388 g/mol. The first-order valence-electron chi connectivity index (χ1n) is 10.9. The Balaban J connectivity index is 1.69. The van der Waals surface area contributed by atoms with Crippen LogP contribution in [0.25, 0.3) is 0 Å². The van der Waals surface area contributed by atoms with Crippen LogP contribution in [0.15, 0.2) is 18.2 Å². The Morgan fingerprint density at radius 2 is 1.82 bits per heavy atom. The van der Waals surface area contributed by atoms with Crippen molar-refractivity contribution >= 4 is 11.8 Å². The highest BCUT2D eigenvalue weighted by atomic mass is 16.6. The average Bonchev–Trinajstić information content (AvgIpc) is 2.67. The number of likely N-dealkylation sites (N-methyl/N-ethyl adjacent to an activating group) is 1. The molecule has 0 N–H and O–H groups in total. The van der Waals surface area contributed by atoms with Gasteiger partial charge in [-0.2, -0.15) is 0 Å². The second-order valence-electron chi connectivity index (χ2n) is 8.99. The smallest absolute Gasteiger partial charge is 0.410 e. The van der Waals surface area contributed by atoms with Crippen molar-refractivity contribution in [1.82, 2.24) is 9.80 Å². The Morgan fingerprint density at radius 3 is 2.43 bits per heavy atom. The number of anilines is 1. The molecule has 28 heavy (non-hydrogen) atoms. The number of hydrogen-bond acceptors (Lipinski definition) is 4. The fourth-order valence-electron chi connectivity index (χ4n) is 4.56. The molecule has 0 unspecified atom stereocenters. The minimum atomic E-state index is -0.438. The number of aryl methyl sites for hydroxylation is 1. The van der Waals surface area contributed by atoms with Crippen LogP contribution in [0.5, 0.6) is 0 Å². The van der Waals surface area contributed by atoms with Crippen molar-refractivity contribution in [3.8, 4) is 0 Å². The normalized spacial score (nSPS) is 20.3. The summed E-state index contributed by atoms with van der Waals surface area (Å²) >= 11 is 0. The van der Waals surface area contributed by atoms with Crippen molar-refractivity contribution in [2.75, 3.05) is 44.2 Å². The van der Waals surface area contributed by atoms with Crippen LogP contribution >= 0.6 is 0 Å². The molecule has 1 heterocycles. The van der Waals surface area contributed by atoms with Gasteiger partial charge in [0.1, 0.15) is 5.60 Å². The molecule has 1 amide bonds. The first-order chi connectivity index (χ1) is 13.3. The second kappa shape index (κ2) is 8.73. The highest BCUT2D eigenvalue weighted by molar-refractivity contribution is 5.69. The number of fused-ring (bicyclic) bond motifs is 1. The zero-order chi connectivity index (χ0) is 20.3. The molecule has 0 radical (unpaired) electrons. The van der Waals surface area contributed by atoms with Crippen LogP contribution in [0, 0.1) is 0 Å². The molecular weight excluding hydrogens is 350 g/mol. The third kappa shape index (κ3) is 4.80. The number of nitrogens with zero attached hydrogens (tertiary/aromatic N) is 3. The lowest BCUT2D eigenvalue weighted by atomic mass is 9.86. The molecule has 1 aliphatic carbocycles. The maximum Gasteiger partial charge on any atom is 0.410 e. The third-order valence-corrected chi connectivity index (χ3v) is 6.04. The maximum atomic E-state index is 12.4. The molecule has 1 aromatic rings. The van der Waals surface area contributed by atoms with Gasteiger partial charge in [0.05, 0.1) is 0 Å². The summed E-state index contributed by atoms with van der Waals surface area (Å²) in [5.74, 6) is 0. The number of hydrogen-bond donors (Lipinski definition) is 0. The van der Waals surface area contributed by atoms with Crippen molar-refractivity contribution in [2.45, 2.75) is 65.5 Å². The molecule has 5 nitrogen and oxygen atoms in total. The Hall–Kier alpha value is -1.75. The Bertz CT molecular complexity index is 671. The topological polar surface area (TPSA) is 36.0 Å². The van der Waals surface area contributed by atoms with Crippen LogP contribution < -0.4 is 4.90 Å². The van der Waals surface area contributed by atoms with Crippen molar-refractivity contribution in [1.29, 1.82) is 0 Å². The molecule has 156 valence electrons. The van der Waals surface area contributed by atoms with Crippen LogP contribution in [0.1, 0.15) is 52.2 Å². The monoisotopic (exact) mass is 387 g/mol. The minimum absolute atomic E-state index is 0.191. The Morgan fingerprint density at radius 1 is 1.14 bits per heavy atom. The van der Waals surface area contributed by atoms with E-state index in [0.29, 0.717) is 6.04 Å². The summed E-state index contributed by atoms with van der Waals surface area (Å²) in [6.07, 6.45) is 3.37. The van der Waals surface area contributed by atoms with Gasteiger partial charge in [-0.05, 0) is 70.3 Å². The van der Waals surface area contributed by atoms with Gasteiger partial charge < -0.3 is 19.4 Å². The molecule has 1 aromatic carbocycles. The van der Waals surface area contributed by atoms with Crippen LogP contribution in [0.3, 0.4) is 0 Å². The molecule has 2 aliphatic rings. The molecule has 1 fully saturated rings. The summed E-state index contributed by atoms with van der Waals surface area (Å²) in [7, 11) is 0. The molecule has 0 bridgehead atoms. The Labute approximate surface area is 170 Å². The fourth-order valence-corrected chi connectivity index (χ4v) is 4.56. The second-order valence-corrected chi connectivity index (χ2v) is 8.99. The zero-order valence-electron chi connectivity index (χ0n) is 18.3. The molecule has 1 atom stereocenters. The van der Waals surface area contributed by atoms with Gasteiger partial charge in [0.25, 0.3) is 0 Å². The zero-order valence-corrected chi connectivity index (χ0v) is 18.3. The number of piperazine rings is 1. The van der Waals surface area contributed by atoms with Crippen molar-refractivity contribution in [3.05, 3.63) is 29.3 Å². The van der Waals surface area contributed by atoms with E-state index in [1.807, 2.05) is 25.7 Å². The van der Waals surface area contributed by atoms with E-state index in [1.54, 1.807) is 0 Å². The summed E-state index contributed by atoms with van der Waals surface area (Å²) in [5, 5.41) is 0. The lowest BCUT2D eigenvalue weighted by molar-refractivity contribution is 0.0240. The van der Waals surface area contributed by atoms with E-state index < -0.39 is 5.60 Å². The molecule has 3 rings (SSSR count). The third-order valence-electron chi connectivity index (χ3n) is 6.04. The summed E-state index contributed by atoms with van der Waals surface area (Å²) in [5.41, 5.74) is 3.97. The SMILES string of the molecule is CCN(CC)[C@@H]1CCc2cccc(N3CCN(C(=O)OC(C)(C)C)CC3)c2C1. The van der Waals surface area contributed by atoms with Crippen LogP contribution in [0.4, 0.5) is 10.5 Å². The molecule has 5 heteroatoms. The number of ether oxygens (including phenoxy) is 1. The first kappa shape index (κ1) is 21.0. The quantitative estimate of drug-likeness (QED) is 0.784. The van der Waals surface area contributed by atoms with Gasteiger partial charge in [-0.1, -0.05) is 26.0 Å². The van der Waals surface area contributed by atoms with Crippen LogP contribution in [-0.4, -0.2) is 66.8 Å². The van der Waals surface area contributed by atoms with Gasteiger partial charge in [-0.25, -0.2) is 4.79 Å². The highest BCUT2D eigenvalue weighted by Gasteiger charge is 2.29. The van der Waals surface area contributed by atoms with Gasteiger partial charge in [-0.15, -0.1) is 0 Å². The largest absolute Gasteiger partial charge is 0.444 e. The van der Waals surface area contributed by atoms with E-state index in [-0.39, 0.29) is 6.09 Å². The molecule has 0 saturated carbocycles. The predicted octanol–water partition coefficient (Wildman–Crippen LogP) is 3.94. The Kier molecular flexibility index (Phi) is 6.54. The van der Waals surface area contributed by atoms with Crippen LogP contribution in [0.2, 0.25) is 0 Å². The molecule has 1 aliphatic heterocycles. The van der Waals surface area contributed by atoms with E-state index >= 15 is 0 Å². The van der Waals surface area contributed by atoms with Crippen molar-refractivity contribution in [2.24, 2.45) is 0 Å². The van der Waals surface area contributed by atoms with Crippen LogP contribution in [-0.2, 0) is 17.6 Å². The lowest BCUT2D eigenvalue weighted by Crippen LogP contribution is -2.50. The fraction of sp³-hybridized carbons (Fsp3) is 0.696. The van der Waals surface area contributed by atoms with Gasteiger partial charge >= 0.3 is 6.09 Å². The summed E-state index contributed by atoms with van der Waals surface area (Å²) in [4.78, 5) is 19.3. The van der Waals surface area contributed by atoms with Gasteiger partial charge in [-0.3, -0.25) is 0 Å². The van der Waals surface area contributed by atoms with E-state index in [2.05, 4.69) is 41.8 Å². The standard InChI is InChI=1S/C23H37N3O2/c1-6-24(7-2)19-12-11-18-9-8-10-21(20(18)17-19)25-13-15-26(16-14-25)22(27)28-23(3,4)5/h8-10,19H,6-7,11-17H2,1-5H3/t19-/m1/s1. The first-order valence-corrected chi connectivity index (χ1v) is 10.9. The lowest BCUT2D eigenvalue weighted by Gasteiger charge is -2.40. The van der Waals surface area contributed by atoms with E-state index in [9.17, 15) is 4.79 Å². The maximum absolute atomic E-state index is 12.4. The number of carbonyl (C=O) groups is 1. The molecule has 0 aromatic heterocycles. The van der Waals surface area contributed by atoms with Crippen molar-refractivity contribution < 1.29 is 9.53 Å². The van der Waals surface area contributed by atoms with E-state index in [0.717, 1.165) is 45.7 Å². The summed E-state index contributed by atoms with van der Waals surface area (Å²) in [6, 6.07) is 7.42. The van der Waals surface area contributed by atoms with Gasteiger partial charge in [0, 0.05) is 37.9 Å².